The third-order valence-electron chi connectivity index (χ3n) is 2.86. The van der Waals surface area contributed by atoms with Crippen molar-refractivity contribution in [2.75, 3.05) is 12.4 Å². The van der Waals surface area contributed by atoms with Gasteiger partial charge in [-0.05, 0) is 25.2 Å². The highest BCUT2D eigenvalue weighted by Crippen LogP contribution is 2.25. The molecule has 1 amide bonds. The van der Waals surface area contributed by atoms with Gasteiger partial charge in [0, 0.05) is 13.1 Å². The number of hydrogen-bond donors (Lipinski definition) is 2. The van der Waals surface area contributed by atoms with Crippen LogP contribution in [0.3, 0.4) is 0 Å². The first-order chi connectivity index (χ1) is 7.69. The fourth-order valence-electron chi connectivity index (χ4n) is 2.00. The van der Waals surface area contributed by atoms with Gasteiger partial charge < -0.3 is 10.6 Å². The van der Waals surface area contributed by atoms with Gasteiger partial charge in [0.1, 0.15) is 0 Å². The Morgan fingerprint density at radius 3 is 2.81 bits per heavy atom. The summed E-state index contributed by atoms with van der Waals surface area (Å²) in [5, 5.41) is 14.7. The Balaban J connectivity index is 1.92. The number of nitrogens with one attached hydrogen (secondary N) is 2. The molecule has 2 N–H and O–H groups in total. The van der Waals surface area contributed by atoms with Gasteiger partial charge in [0.25, 0.3) is 5.91 Å². The summed E-state index contributed by atoms with van der Waals surface area (Å²) in [7, 11) is 1.76. The highest BCUT2D eigenvalue weighted by molar-refractivity contribution is 7.17. The van der Waals surface area contributed by atoms with E-state index in [1.54, 1.807) is 7.05 Å². The number of carbonyl (C=O) groups excluding carboxylic acids is 1. The topological polar surface area (TPSA) is 66.9 Å². The molecule has 1 aromatic rings. The summed E-state index contributed by atoms with van der Waals surface area (Å²) in [6, 6.07) is 0.310. The molecule has 2 unspecified atom stereocenters. The first-order valence-corrected chi connectivity index (χ1v) is 6.33. The highest BCUT2D eigenvalue weighted by Gasteiger charge is 2.24. The minimum absolute atomic E-state index is 0.0990. The van der Waals surface area contributed by atoms with Crippen LogP contribution in [0.5, 0.6) is 0 Å². The minimum Gasteiger partial charge on any atom is -0.363 e. The summed E-state index contributed by atoms with van der Waals surface area (Å²) in [5.74, 6) is 0.616. The summed E-state index contributed by atoms with van der Waals surface area (Å²) in [5.41, 5.74) is 0. The van der Waals surface area contributed by atoms with E-state index in [1.165, 1.54) is 17.8 Å². The first kappa shape index (κ1) is 11.3. The summed E-state index contributed by atoms with van der Waals surface area (Å²) < 4.78 is 0. The van der Waals surface area contributed by atoms with Gasteiger partial charge in [0.05, 0.1) is 0 Å². The molecule has 2 atom stereocenters. The van der Waals surface area contributed by atoms with Crippen LogP contribution in [0, 0.1) is 5.92 Å². The Kier molecular flexibility index (Phi) is 3.38. The van der Waals surface area contributed by atoms with Crippen LogP contribution in [0.15, 0.2) is 0 Å². The Labute approximate surface area is 98.7 Å². The van der Waals surface area contributed by atoms with Crippen molar-refractivity contribution in [2.24, 2.45) is 5.92 Å². The van der Waals surface area contributed by atoms with E-state index in [-0.39, 0.29) is 5.91 Å². The van der Waals surface area contributed by atoms with Crippen LogP contribution in [0.1, 0.15) is 36.0 Å². The van der Waals surface area contributed by atoms with E-state index in [9.17, 15) is 4.79 Å². The average Bonchev–Trinajstić information content (AvgIpc) is 2.87. The molecular formula is C10H16N4OS. The lowest BCUT2D eigenvalue weighted by atomic mass is 10.1. The molecule has 2 rings (SSSR count). The molecule has 1 heterocycles. The number of anilines is 1. The maximum atomic E-state index is 11.8. The Hall–Kier alpha value is -1.17. The molecule has 88 valence electrons. The van der Waals surface area contributed by atoms with Crippen LogP contribution in [0.2, 0.25) is 0 Å². The third kappa shape index (κ3) is 2.49. The molecule has 5 nitrogen and oxygen atoms in total. The summed E-state index contributed by atoms with van der Waals surface area (Å²) in [4.78, 5) is 11.8. The second-order valence-electron chi connectivity index (χ2n) is 4.25. The second-order valence-corrected chi connectivity index (χ2v) is 5.23. The second kappa shape index (κ2) is 4.78. The van der Waals surface area contributed by atoms with Crippen molar-refractivity contribution in [3.63, 3.8) is 0 Å². The van der Waals surface area contributed by atoms with Crippen molar-refractivity contribution in [2.45, 2.75) is 32.2 Å². The van der Waals surface area contributed by atoms with E-state index in [1.807, 2.05) is 0 Å². The van der Waals surface area contributed by atoms with Crippen molar-refractivity contribution in [1.82, 2.24) is 15.5 Å². The molecule has 16 heavy (non-hydrogen) atoms. The van der Waals surface area contributed by atoms with Crippen LogP contribution < -0.4 is 10.6 Å². The molecule has 6 heteroatoms. The van der Waals surface area contributed by atoms with Crippen LogP contribution in [-0.2, 0) is 0 Å². The molecule has 1 aliphatic carbocycles. The maximum Gasteiger partial charge on any atom is 0.282 e. The number of nitrogens with zero attached hydrogens (tertiary/aromatic N) is 2. The highest BCUT2D eigenvalue weighted by atomic mass is 32.1. The smallest absolute Gasteiger partial charge is 0.282 e. The van der Waals surface area contributed by atoms with Gasteiger partial charge in [-0.25, -0.2) is 0 Å². The Morgan fingerprint density at radius 2 is 2.25 bits per heavy atom. The maximum absolute atomic E-state index is 11.8. The van der Waals surface area contributed by atoms with Gasteiger partial charge in [-0.15, -0.1) is 10.2 Å². The van der Waals surface area contributed by atoms with E-state index in [4.69, 9.17) is 0 Å². The number of hydrogen-bond acceptors (Lipinski definition) is 5. The summed E-state index contributed by atoms with van der Waals surface area (Å²) in [6.07, 6.45) is 3.34. The molecule has 1 saturated carbocycles. The van der Waals surface area contributed by atoms with E-state index in [2.05, 4.69) is 27.8 Å². The average molecular weight is 240 g/mol. The van der Waals surface area contributed by atoms with Crippen molar-refractivity contribution in [3.05, 3.63) is 5.01 Å². The number of amides is 1. The monoisotopic (exact) mass is 240 g/mol. The Morgan fingerprint density at radius 1 is 1.44 bits per heavy atom. The zero-order chi connectivity index (χ0) is 11.5. The molecule has 0 spiro atoms. The van der Waals surface area contributed by atoms with Crippen LogP contribution >= 0.6 is 11.3 Å². The fraction of sp³-hybridized carbons (Fsp3) is 0.700. The quantitative estimate of drug-likeness (QED) is 0.840. The molecule has 1 aromatic heterocycles. The van der Waals surface area contributed by atoms with Crippen molar-refractivity contribution >= 4 is 22.4 Å². The normalized spacial score (nSPS) is 24.4. The lowest BCUT2D eigenvalue weighted by Crippen LogP contribution is -2.32. The van der Waals surface area contributed by atoms with E-state index in [0.29, 0.717) is 22.1 Å². The first-order valence-electron chi connectivity index (χ1n) is 5.51. The lowest BCUT2D eigenvalue weighted by Gasteiger charge is -2.10. The van der Waals surface area contributed by atoms with Gasteiger partial charge >= 0.3 is 0 Å². The van der Waals surface area contributed by atoms with Crippen molar-refractivity contribution < 1.29 is 4.79 Å². The zero-order valence-electron chi connectivity index (χ0n) is 9.49. The standard InChI is InChI=1S/C10H16N4OS/c1-6-3-4-7(5-6)12-8(15)9-13-14-10(11-2)16-9/h6-7H,3-5H2,1-2H3,(H,11,14)(H,12,15). The summed E-state index contributed by atoms with van der Waals surface area (Å²) >= 11 is 1.28. The zero-order valence-corrected chi connectivity index (χ0v) is 10.3. The molecule has 0 aliphatic heterocycles. The lowest BCUT2D eigenvalue weighted by molar-refractivity contribution is 0.0936. The van der Waals surface area contributed by atoms with Gasteiger partial charge in [-0.2, -0.15) is 0 Å². The predicted octanol–water partition coefficient (Wildman–Crippen LogP) is 1.50. The summed E-state index contributed by atoms with van der Waals surface area (Å²) in [6.45, 7) is 2.22. The number of aromatic nitrogens is 2. The molecule has 1 fully saturated rings. The SMILES string of the molecule is CNc1nnc(C(=O)NC2CCC(C)C2)s1. The number of rotatable bonds is 3. The molecule has 0 saturated heterocycles. The van der Waals surface area contributed by atoms with Crippen LogP contribution in [0.4, 0.5) is 5.13 Å². The van der Waals surface area contributed by atoms with E-state index >= 15 is 0 Å². The molecule has 0 aromatic carbocycles. The van der Waals surface area contributed by atoms with Crippen molar-refractivity contribution in [3.8, 4) is 0 Å². The molecular weight excluding hydrogens is 224 g/mol. The van der Waals surface area contributed by atoms with Gasteiger partial charge in [0.15, 0.2) is 0 Å². The van der Waals surface area contributed by atoms with Crippen LogP contribution in [-0.4, -0.2) is 29.2 Å². The Bertz CT molecular complexity index is 379. The largest absolute Gasteiger partial charge is 0.363 e. The minimum atomic E-state index is -0.0990. The predicted molar refractivity (Wildman–Crippen MR) is 63.7 cm³/mol. The van der Waals surface area contributed by atoms with E-state index < -0.39 is 0 Å². The van der Waals surface area contributed by atoms with Crippen LogP contribution in [0.25, 0.3) is 0 Å². The van der Waals surface area contributed by atoms with Crippen molar-refractivity contribution in [1.29, 1.82) is 0 Å². The van der Waals surface area contributed by atoms with E-state index in [0.717, 1.165) is 12.8 Å². The molecule has 0 radical (unpaired) electrons. The van der Waals surface area contributed by atoms with Gasteiger partial charge in [0.2, 0.25) is 10.1 Å². The van der Waals surface area contributed by atoms with Gasteiger partial charge in [-0.1, -0.05) is 18.3 Å². The third-order valence-corrected chi connectivity index (χ3v) is 3.80. The van der Waals surface area contributed by atoms with Gasteiger partial charge in [-0.3, -0.25) is 4.79 Å². The number of carbonyl (C=O) groups is 1. The molecule has 0 bridgehead atoms. The fourth-order valence-corrected chi connectivity index (χ4v) is 2.60. The molecule has 1 aliphatic rings.